The molecule has 0 aromatic heterocycles. The summed E-state index contributed by atoms with van der Waals surface area (Å²) in [5.74, 6) is 0.806. The Kier molecular flexibility index (Phi) is 4.60. The highest BCUT2D eigenvalue weighted by Crippen LogP contribution is 2.41. The molecule has 154 valence electrons. The summed E-state index contributed by atoms with van der Waals surface area (Å²) in [6, 6.07) is 26.8. The van der Waals surface area contributed by atoms with Crippen LogP contribution in [0.1, 0.15) is 0 Å². The van der Waals surface area contributed by atoms with Crippen molar-refractivity contribution in [3.05, 3.63) is 91.0 Å². The highest BCUT2D eigenvalue weighted by atomic mass is 32.2. The number of para-hydroxylation sites is 1. The SMILES string of the molecule is O=C(CN1c2cccc3cccc(c23)S1(=O)=O)Nc1cccc(Oc2ccccc2)c1. The number of carbonyl (C=O) groups is 1. The minimum absolute atomic E-state index is 0.228. The van der Waals surface area contributed by atoms with E-state index in [9.17, 15) is 13.2 Å². The Balaban J connectivity index is 1.36. The summed E-state index contributed by atoms with van der Waals surface area (Å²) in [6.45, 7) is -0.320. The smallest absolute Gasteiger partial charge is 0.265 e. The van der Waals surface area contributed by atoms with E-state index >= 15 is 0 Å². The van der Waals surface area contributed by atoms with E-state index in [4.69, 9.17) is 4.74 Å². The number of nitrogens with one attached hydrogen (secondary N) is 1. The normalized spacial score (nSPS) is 13.9. The van der Waals surface area contributed by atoms with Gasteiger partial charge in [0.1, 0.15) is 18.0 Å². The molecule has 0 bridgehead atoms. The van der Waals surface area contributed by atoms with E-state index in [1.807, 2.05) is 42.5 Å². The van der Waals surface area contributed by atoms with Crippen LogP contribution in [0.25, 0.3) is 10.8 Å². The molecule has 0 saturated heterocycles. The summed E-state index contributed by atoms with van der Waals surface area (Å²) in [5, 5.41) is 4.24. The van der Waals surface area contributed by atoms with Gasteiger partial charge in [-0.05, 0) is 41.8 Å². The number of ether oxygens (including phenoxy) is 1. The van der Waals surface area contributed by atoms with E-state index in [1.165, 1.54) is 0 Å². The van der Waals surface area contributed by atoms with Crippen LogP contribution >= 0.6 is 0 Å². The molecule has 1 aliphatic rings. The predicted molar refractivity (Wildman–Crippen MR) is 120 cm³/mol. The average molecular weight is 430 g/mol. The summed E-state index contributed by atoms with van der Waals surface area (Å²) in [6.07, 6.45) is 0. The standard InChI is InChI=1S/C24H18N2O4S/c27-23(25-18-9-6-12-20(15-18)30-19-10-2-1-3-11-19)16-26-21-13-4-7-17-8-5-14-22(24(17)21)31(26,28)29/h1-15H,16H2,(H,25,27). The van der Waals surface area contributed by atoms with E-state index in [1.54, 1.807) is 48.5 Å². The molecule has 1 aliphatic heterocycles. The molecule has 1 amide bonds. The van der Waals surface area contributed by atoms with Gasteiger partial charge in [-0.3, -0.25) is 9.10 Å². The molecule has 0 atom stereocenters. The zero-order valence-electron chi connectivity index (χ0n) is 16.4. The van der Waals surface area contributed by atoms with E-state index < -0.39 is 15.9 Å². The van der Waals surface area contributed by atoms with Crippen molar-refractivity contribution in [2.24, 2.45) is 0 Å². The number of rotatable bonds is 5. The highest BCUT2D eigenvalue weighted by Gasteiger charge is 2.36. The first kappa shape index (κ1) is 19.1. The van der Waals surface area contributed by atoms with Crippen molar-refractivity contribution in [3.8, 4) is 11.5 Å². The Hall–Kier alpha value is -3.84. The second-order valence-electron chi connectivity index (χ2n) is 7.13. The zero-order valence-corrected chi connectivity index (χ0v) is 17.2. The number of carbonyl (C=O) groups excluding carboxylic acids is 1. The summed E-state index contributed by atoms with van der Waals surface area (Å²) in [7, 11) is -3.79. The van der Waals surface area contributed by atoms with Crippen LogP contribution in [0.4, 0.5) is 11.4 Å². The van der Waals surface area contributed by atoms with Gasteiger partial charge < -0.3 is 10.1 Å². The molecule has 31 heavy (non-hydrogen) atoms. The molecule has 0 aliphatic carbocycles. The van der Waals surface area contributed by atoms with Crippen molar-refractivity contribution in [3.63, 3.8) is 0 Å². The van der Waals surface area contributed by atoms with Crippen LogP contribution in [0.2, 0.25) is 0 Å². The minimum atomic E-state index is -3.79. The van der Waals surface area contributed by atoms with Crippen molar-refractivity contribution in [2.45, 2.75) is 4.90 Å². The lowest BCUT2D eigenvalue weighted by atomic mass is 10.1. The van der Waals surface area contributed by atoms with E-state index in [-0.39, 0.29) is 11.4 Å². The third-order valence-electron chi connectivity index (χ3n) is 5.07. The first-order valence-corrected chi connectivity index (χ1v) is 11.1. The Labute approximate surface area is 179 Å². The Morgan fingerprint density at radius 3 is 2.35 bits per heavy atom. The molecule has 0 saturated carbocycles. The van der Waals surface area contributed by atoms with E-state index in [0.29, 0.717) is 28.3 Å². The topological polar surface area (TPSA) is 75.7 Å². The number of hydrogen-bond donors (Lipinski definition) is 1. The molecule has 5 rings (SSSR count). The molecule has 1 N–H and O–H groups in total. The molecule has 4 aromatic rings. The number of nitrogens with zero attached hydrogens (tertiary/aromatic N) is 1. The Bertz CT molecular complexity index is 1400. The lowest BCUT2D eigenvalue weighted by Gasteiger charge is -2.18. The van der Waals surface area contributed by atoms with Gasteiger partial charge >= 0.3 is 0 Å². The first-order valence-electron chi connectivity index (χ1n) is 9.70. The predicted octanol–water partition coefficient (Wildman–Crippen LogP) is 4.78. The summed E-state index contributed by atoms with van der Waals surface area (Å²) in [4.78, 5) is 13.0. The van der Waals surface area contributed by atoms with Crippen LogP contribution in [-0.2, 0) is 14.8 Å². The van der Waals surface area contributed by atoms with Gasteiger partial charge in [-0.15, -0.1) is 0 Å². The maximum atomic E-state index is 13.0. The molecular weight excluding hydrogens is 412 g/mol. The lowest BCUT2D eigenvalue weighted by Crippen LogP contribution is -2.35. The monoisotopic (exact) mass is 430 g/mol. The van der Waals surface area contributed by atoms with E-state index in [2.05, 4.69) is 5.32 Å². The summed E-state index contributed by atoms with van der Waals surface area (Å²) < 4.78 is 33.0. The van der Waals surface area contributed by atoms with Gasteiger partial charge in [-0.25, -0.2) is 8.42 Å². The molecular formula is C24H18N2O4S. The van der Waals surface area contributed by atoms with Crippen LogP contribution in [0.5, 0.6) is 11.5 Å². The second kappa shape index (κ2) is 7.45. The van der Waals surface area contributed by atoms with Crippen molar-refractivity contribution >= 4 is 38.1 Å². The van der Waals surface area contributed by atoms with Gasteiger partial charge in [0.05, 0.1) is 10.6 Å². The fraction of sp³-hybridized carbons (Fsp3) is 0.0417. The Morgan fingerprint density at radius 2 is 1.55 bits per heavy atom. The summed E-state index contributed by atoms with van der Waals surface area (Å²) >= 11 is 0. The number of hydrogen-bond acceptors (Lipinski definition) is 4. The van der Waals surface area contributed by atoms with Crippen LogP contribution in [0.15, 0.2) is 95.9 Å². The van der Waals surface area contributed by atoms with Crippen molar-refractivity contribution in [1.82, 2.24) is 0 Å². The fourth-order valence-electron chi connectivity index (χ4n) is 3.72. The molecule has 4 aromatic carbocycles. The van der Waals surface area contributed by atoms with Crippen LogP contribution in [0.3, 0.4) is 0 Å². The number of sulfonamides is 1. The maximum Gasteiger partial charge on any atom is 0.265 e. The van der Waals surface area contributed by atoms with Crippen molar-refractivity contribution in [1.29, 1.82) is 0 Å². The minimum Gasteiger partial charge on any atom is -0.457 e. The molecule has 7 heteroatoms. The number of benzene rings is 4. The largest absolute Gasteiger partial charge is 0.457 e. The maximum absolute atomic E-state index is 13.0. The average Bonchev–Trinajstić information content (AvgIpc) is 2.98. The fourth-order valence-corrected chi connectivity index (χ4v) is 5.39. The van der Waals surface area contributed by atoms with Gasteiger partial charge in [-0.2, -0.15) is 0 Å². The van der Waals surface area contributed by atoms with E-state index in [0.717, 1.165) is 9.69 Å². The van der Waals surface area contributed by atoms with Gasteiger partial charge in [0.25, 0.3) is 10.0 Å². The van der Waals surface area contributed by atoms with Crippen LogP contribution in [-0.4, -0.2) is 20.9 Å². The van der Waals surface area contributed by atoms with Gasteiger partial charge in [-0.1, -0.05) is 48.5 Å². The molecule has 0 radical (unpaired) electrons. The third kappa shape index (κ3) is 3.49. The number of amides is 1. The number of anilines is 2. The molecule has 0 unspecified atom stereocenters. The van der Waals surface area contributed by atoms with Gasteiger partial charge in [0.2, 0.25) is 5.91 Å². The van der Waals surface area contributed by atoms with Gasteiger partial charge in [0, 0.05) is 17.1 Å². The Morgan fingerprint density at radius 1 is 0.839 bits per heavy atom. The van der Waals surface area contributed by atoms with Gasteiger partial charge in [0.15, 0.2) is 0 Å². The quantitative estimate of drug-likeness (QED) is 0.494. The molecule has 1 heterocycles. The van der Waals surface area contributed by atoms with Crippen molar-refractivity contribution < 1.29 is 17.9 Å². The van der Waals surface area contributed by atoms with Crippen LogP contribution in [0, 0.1) is 0 Å². The highest BCUT2D eigenvalue weighted by molar-refractivity contribution is 7.93. The first-order chi connectivity index (χ1) is 15.0. The zero-order chi connectivity index (χ0) is 21.4. The second-order valence-corrected chi connectivity index (χ2v) is 8.96. The molecule has 0 spiro atoms. The summed E-state index contributed by atoms with van der Waals surface area (Å²) in [5.41, 5.74) is 1.04. The van der Waals surface area contributed by atoms with Crippen molar-refractivity contribution in [2.75, 3.05) is 16.2 Å². The lowest BCUT2D eigenvalue weighted by molar-refractivity contribution is -0.114. The molecule has 0 fully saturated rings. The molecule has 6 nitrogen and oxygen atoms in total. The third-order valence-corrected chi connectivity index (χ3v) is 6.87. The van der Waals surface area contributed by atoms with Crippen LogP contribution < -0.4 is 14.4 Å².